The van der Waals surface area contributed by atoms with E-state index in [0.717, 1.165) is 18.9 Å². The van der Waals surface area contributed by atoms with E-state index in [2.05, 4.69) is 19.1 Å². The van der Waals surface area contributed by atoms with Gasteiger partial charge in [0.1, 0.15) is 11.6 Å². The third-order valence-corrected chi connectivity index (χ3v) is 3.45. The van der Waals surface area contributed by atoms with Gasteiger partial charge in [0.25, 0.3) is 5.69 Å². The number of nitro benzene ring substituents is 1. The second-order valence-electron chi connectivity index (χ2n) is 4.89. The van der Waals surface area contributed by atoms with E-state index < -0.39 is 10.7 Å². The summed E-state index contributed by atoms with van der Waals surface area (Å²) in [7, 11) is 0. The Morgan fingerprint density at radius 1 is 1.37 bits per heavy atom. The van der Waals surface area contributed by atoms with Crippen LogP contribution in [-0.2, 0) is 0 Å². The molecule has 19 heavy (non-hydrogen) atoms. The van der Waals surface area contributed by atoms with E-state index in [-0.39, 0.29) is 11.4 Å². The van der Waals surface area contributed by atoms with Crippen LogP contribution in [-0.4, -0.2) is 11.5 Å². The highest BCUT2D eigenvalue weighted by Crippen LogP contribution is 2.27. The Morgan fingerprint density at radius 2 is 2.11 bits per heavy atom. The molecule has 0 amide bonds. The van der Waals surface area contributed by atoms with Crippen LogP contribution >= 0.6 is 0 Å². The van der Waals surface area contributed by atoms with Gasteiger partial charge >= 0.3 is 0 Å². The van der Waals surface area contributed by atoms with Crippen molar-refractivity contribution in [3.8, 4) is 5.75 Å². The number of rotatable bonds is 4. The zero-order chi connectivity index (χ0) is 13.8. The van der Waals surface area contributed by atoms with Gasteiger partial charge < -0.3 is 4.74 Å². The molecule has 1 aliphatic carbocycles. The maximum atomic E-state index is 13.2. The number of nitro groups is 1. The van der Waals surface area contributed by atoms with Gasteiger partial charge in [-0.05, 0) is 24.7 Å². The molecule has 1 aromatic rings. The Bertz CT molecular complexity index is 501. The molecule has 0 saturated carbocycles. The normalized spacial score (nSPS) is 22.2. The molecule has 2 rings (SSSR count). The van der Waals surface area contributed by atoms with Crippen molar-refractivity contribution in [2.45, 2.75) is 19.8 Å². The first-order valence-electron chi connectivity index (χ1n) is 6.29. The Balaban J connectivity index is 2.03. The summed E-state index contributed by atoms with van der Waals surface area (Å²) in [6.45, 7) is 2.59. The molecule has 2 atom stereocenters. The minimum Gasteiger partial charge on any atom is -0.493 e. The first kappa shape index (κ1) is 13.5. The largest absolute Gasteiger partial charge is 0.493 e. The molecule has 0 spiro atoms. The van der Waals surface area contributed by atoms with Crippen molar-refractivity contribution >= 4 is 5.69 Å². The third kappa shape index (κ3) is 3.53. The van der Waals surface area contributed by atoms with Crippen molar-refractivity contribution in [2.75, 3.05) is 6.61 Å². The highest BCUT2D eigenvalue weighted by molar-refractivity contribution is 5.38. The first-order valence-corrected chi connectivity index (χ1v) is 6.29. The molecular weight excluding hydrogens is 249 g/mol. The molecule has 0 aromatic heterocycles. The van der Waals surface area contributed by atoms with Crippen LogP contribution in [0.4, 0.5) is 10.1 Å². The summed E-state index contributed by atoms with van der Waals surface area (Å²) in [5.41, 5.74) is -0.286. The van der Waals surface area contributed by atoms with Gasteiger partial charge in [-0.25, -0.2) is 4.39 Å². The van der Waals surface area contributed by atoms with E-state index in [1.807, 2.05) is 0 Å². The molecule has 102 valence electrons. The summed E-state index contributed by atoms with van der Waals surface area (Å²) in [6, 6.07) is 3.32. The van der Waals surface area contributed by atoms with E-state index in [4.69, 9.17) is 4.74 Å². The lowest BCUT2D eigenvalue weighted by molar-refractivity contribution is -0.385. The number of hydrogen-bond donors (Lipinski definition) is 0. The van der Waals surface area contributed by atoms with Crippen LogP contribution in [0.25, 0.3) is 0 Å². The molecular formula is C14H16FNO3. The molecule has 2 unspecified atom stereocenters. The molecule has 0 aliphatic heterocycles. The average molecular weight is 265 g/mol. The van der Waals surface area contributed by atoms with Crippen molar-refractivity contribution in [1.82, 2.24) is 0 Å². The molecule has 1 aromatic carbocycles. The van der Waals surface area contributed by atoms with E-state index in [1.165, 1.54) is 12.1 Å². The number of nitrogens with zero attached hydrogens (tertiary/aromatic N) is 1. The predicted octanol–water partition coefficient (Wildman–Crippen LogP) is 3.72. The van der Waals surface area contributed by atoms with Crippen LogP contribution in [0.1, 0.15) is 19.8 Å². The van der Waals surface area contributed by atoms with Crippen LogP contribution in [0.3, 0.4) is 0 Å². The highest BCUT2D eigenvalue weighted by Gasteiger charge is 2.19. The van der Waals surface area contributed by atoms with Crippen molar-refractivity contribution < 1.29 is 14.1 Å². The summed E-state index contributed by atoms with van der Waals surface area (Å²) in [4.78, 5) is 10.0. The van der Waals surface area contributed by atoms with Gasteiger partial charge in [0.15, 0.2) is 0 Å². The van der Waals surface area contributed by atoms with Gasteiger partial charge in [0.05, 0.1) is 23.7 Å². The predicted molar refractivity (Wildman–Crippen MR) is 69.6 cm³/mol. The molecule has 4 nitrogen and oxygen atoms in total. The molecule has 1 aliphatic rings. The van der Waals surface area contributed by atoms with Crippen LogP contribution in [0, 0.1) is 27.8 Å². The van der Waals surface area contributed by atoms with Gasteiger partial charge in [0.2, 0.25) is 0 Å². The van der Waals surface area contributed by atoms with Crippen molar-refractivity contribution in [3.63, 3.8) is 0 Å². The van der Waals surface area contributed by atoms with Gasteiger partial charge in [-0.1, -0.05) is 19.1 Å². The fraction of sp³-hybridized carbons (Fsp3) is 0.429. The van der Waals surface area contributed by atoms with E-state index in [0.29, 0.717) is 18.4 Å². The minimum absolute atomic E-state index is 0.216. The quantitative estimate of drug-likeness (QED) is 0.473. The SMILES string of the molecule is CC1CC=CCC1COc1cc(F)cc([N+](=O)[O-])c1. The topological polar surface area (TPSA) is 52.4 Å². The van der Waals surface area contributed by atoms with E-state index in [1.54, 1.807) is 0 Å². The Hall–Kier alpha value is -1.91. The van der Waals surface area contributed by atoms with Crippen LogP contribution in [0.15, 0.2) is 30.4 Å². The number of benzene rings is 1. The van der Waals surface area contributed by atoms with E-state index in [9.17, 15) is 14.5 Å². The Labute approximate surface area is 111 Å². The van der Waals surface area contributed by atoms with Gasteiger partial charge in [-0.15, -0.1) is 0 Å². The summed E-state index contributed by atoms with van der Waals surface area (Å²) in [6.07, 6.45) is 6.20. The van der Waals surface area contributed by atoms with Crippen molar-refractivity contribution in [1.29, 1.82) is 0 Å². The molecule has 0 radical (unpaired) electrons. The molecule has 5 heteroatoms. The lowest BCUT2D eigenvalue weighted by atomic mass is 9.85. The monoisotopic (exact) mass is 265 g/mol. The second kappa shape index (κ2) is 5.82. The Kier molecular flexibility index (Phi) is 4.14. The molecule has 0 bridgehead atoms. The fourth-order valence-corrected chi connectivity index (χ4v) is 2.18. The number of halogens is 1. The van der Waals surface area contributed by atoms with E-state index >= 15 is 0 Å². The number of allylic oxidation sites excluding steroid dienone is 2. The lowest BCUT2D eigenvalue weighted by Crippen LogP contribution is -2.21. The van der Waals surface area contributed by atoms with Crippen LogP contribution in [0.5, 0.6) is 5.75 Å². The standard InChI is InChI=1S/C14H16FNO3/c1-10-4-2-3-5-11(10)9-19-14-7-12(15)6-13(8-14)16(17)18/h2-3,6-8,10-11H,4-5,9H2,1H3. The molecule has 0 fully saturated rings. The summed E-state index contributed by atoms with van der Waals surface area (Å²) in [5, 5.41) is 10.6. The summed E-state index contributed by atoms with van der Waals surface area (Å²) in [5.74, 6) is 0.440. The number of non-ortho nitro benzene ring substituents is 1. The summed E-state index contributed by atoms with van der Waals surface area (Å²) >= 11 is 0. The molecule has 0 heterocycles. The minimum atomic E-state index is -0.652. The van der Waals surface area contributed by atoms with Crippen molar-refractivity contribution in [2.24, 2.45) is 11.8 Å². The maximum Gasteiger partial charge on any atom is 0.276 e. The lowest BCUT2D eigenvalue weighted by Gasteiger charge is -2.25. The van der Waals surface area contributed by atoms with Gasteiger partial charge in [0, 0.05) is 6.07 Å². The number of hydrogen-bond acceptors (Lipinski definition) is 3. The average Bonchev–Trinajstić information content (AvgIpc) is 2.37. The van der Waals surface area contributed by atoms with Crippen molar-refractivity contribution in [3.05, 3.63) is 46.3 Å². The van der Waals surface area contributed by atoms with Gasteiger partial charge in [-0.3, -0.25) is 10.1 Å². The first-order chi connectivity index (χ1) is 9.06. The summed E-state index contributed by atoms with van der Waals surface area (Å²) < 4.78 is 18.7. The molecule has 0 N–H and O–H groups in total. The second-order valence-corrected chi connectivity index (χ2v) is 4.89. The van der Waals surface area contributed by atoms with Crippen LogP contribution in [0.2, 0.25) is 0 Å². The zero-order valence-corrected chi connectivity index (χ0v) is 10.7. The molecule has 0 saturated heterocycles. The zero-order valence-electron chi connectivity index (χ0n) is 10.7. The highest BCUT2D eigenvalue weighted by atomic mass is 19.1. The van der Waals surface area contributed by atoms with Gasteiger partial charge in [-0.2, -0.15) is 0 Å². The maximum absolute atomic E-state index is 13.2. The number of ether oxygens (including phenoxy) is 1. The fourth-order valence-electron chi connectivity index (χ4n) is 2.18. The van der Waals surface area contributed by atoms with Crippen LogP contribution < -0.4 is 4.74 Å². The smallest absolute Gasteiger partial charge is 0.276 e. The third-order valence-electron chi connectivity index (χ3n) is 3.45. The Morgan fingerprint density at radius 3 is 2.79 bits per heavy atom.